The van der Waals surface area contributed by atoms with Crippen molar-refractivity contribution >= 4 is 10.9 Å². The molecule has 0 amide bonds. The van der Waals surface area contributed by atoms with Gasteiger partial charge in [0.1, 0.15) is 0 Å². The molecular weight excluding hydrogens is 219 g/mol. The van der Waals surface area contributed by atoms with Gasteiger partial charge < -0.3 is 9.72 Å². The molecule has 0 radical (unpaired) electrons. The molecule has 0 bridgehead atoms. The summed E-state index contributed by atoms with van der Waals surface area (Å²) in [6.07, 6.45) is 0. The molecular formula is C11H10F3NO. The van der Waals surface area contributed by atoms with E-state index in [9.17, 15) is 13.2 Å². The first-order valence-corrected chi connectivity index (χ1v) is 4.69. The van der Waals surface area contributed by atoms with Crippen molar-refractivity contribution in [3.63, 3.8) is 0 Å². The molecule has 0 saturated heterocycles. The van der Waals surface area contributed by atoms with E-state index in [1.165, 1.54) is 7.11 Å². The standard InChI is InChI=1S/C11H10F3NO/c1-5-6(4-16-2)9-8(15-5)3-7(12)10(13)11(9)14/h3,15H,4H2,1-2H3. The fourth-order valence-electron chi connectivity index (χ4n) is 1.78. The molecule has 2 rings (SSSR count). The largest absolute Gasteiger partial charge is 0.380 e. The van der Waals surface area contributed by atoms with Crippen molar-refractivity contribution in [1.82, 2.24) is 4.98 Å². The number of halogens is 3. The normalized spacial score (nSPS) is 11.3. The van der Waals surface area contributed by atoms with Crippen LogP contribution in [0.15, 0.2) is 6.07 Å². The highest BCUT2D eigenvalue weighted by Gasteiger charge is 2.19. The first-order valence-electron chi connectivity index (χ1n) is 4.69. The zero-order chi connectivity index (χ0) is 11.9. The molecule has 2 nitrogen and oxygen atoms in total. The number of aromatic amines is 1. The average Bonchev–Trinajstić information content (AvgIpc) is 2.53. The molecule has 1 aromatic heterocycles. The lowest BCUT2D eigenvalue weighted by molar-refractivity contribution is 0.185. The van der Waals surface area contributed by atoms with E-state index in [2.05, 4.69) is 4.98 Å². The summed E-state index contributed by atoms with van der Waals surface area (Å²) in [5.41, 5.74) is 1.38. The summed E-state index contributed by atoms with van der Waals surface area (Å²) in [5.74, 6) is -3.83. The lowest BCUT2D eigenvalue weighted by atomic mass is 10.1. The minimum atomic E-state index is -1.45. The van der Waals surface area contributed by atoms with Gasteiger partial charge in [-0.25, -0.2) is 13.2 Å². The van der Waals surface area contributed by atoms with E-state index in [0.717, 1.165) is 6.07 Å². The number of ether oxygens (including phenoxy) is 1. The van der Waals surface area contributed by atoms with Crippen molar-refractivity contribution in [3.05, 3.63) is 34.8 Å². The number of nitrogens with one attached hydrogen (secondary N) is 1. The predicted molar refractivity (Wildman–Crippen MR) is 53.6 cm³/mol. The van der Waals surface area contributed by atoms with Crippen LogP contribution in [-0.4, -0.2) is 12.1 Å². The quantitative estimate of drug-likeness (QED) is 0.786. The Hall–Kier alpha value is -1.49. The number of H-pyrrole nitrogens is 1. The number of benzene rings is 1. The van der Waals surface area contributed by atoms with Gasteiger partial charge in [0.15, 0.2) is 17.5 Å². The van der Waals surface area contributed by atoms with Crippen LogP contribution in [0.2, 0.25) is 0 Å². The van der Waals surface area contributed by atoms with Crippen LogP contribution >= 0.6 is 0 Å². The third kappa shape index (κ3) is 1.48. The van der Waals surface area contributed by atoms with Gasteiger partial charge in [0.25, 0.3) is 0 Å². The number of hydrogen-bond donors (Lipinski definition) is 1. The minimum absolute atomic E-state index is 0.0539. The van der Waals surface area contributed by atoms with E-state index >= 15 is 0 Å². The monoisotopic (exact) mass is 229 g/mol. The Morgan fingerprint density at radius 2 is 1.94 bits per heavy atom. The molecule has 0 unspecified atom stereocenters. The van der Waals surface area contributed by atoms with Gasteiger partial charge in [-0.15, -0.1) is 0 Å². The maximum Gasteiger partial charge on any atom is 0.195 e. The molecule has 0 spiro atoms. The van der Waals surface area contributed by atoms with Crippen LogP contribution in [0.4, 0.5) is 13.2 Å². The average molecular weight is 229 g/mol. The molecule has 1 aromatic carbocycles. The molecule has 0 aliphatic rings. The van der Waals surface area contributed by atoms with Crippen molar-refractivity contribution in [2.24, 2.45) is 0 Å². The van der Waals surface area contributed by atoms with Crippen molar-refractivity contribution in [1.29, 1.82) is 0 Å². The topological polar surface area (TPSA) is 25.0 Å². The number of methoxy groups -OCH3 is 1. The van der Waals surface area contributed by atoms with Gasteiger partial charge in [0.05, 0.1) is 12.1 Å². The summed E-state index contributed by atoms with van der Waals surface area (Å²) < 4.78 is 44.5. The van der Waals surface area contributed by atoms with Crippen LogP contribution in [0.25, 0.3) is 10.9 Å². The van der Waals surface area contributed by atoms with Gasteiger partial charge in [0.2, 0.25) is 0 Å². The number of aromatic nitrogens is 1. The molecule has 0 aliphatic heterocycles. The van der Waals surface area contributed by atoms with Crippen molar-refractivity contribution < 1.29 is 17.9 Å². The fraction of sp³-hybridized carbons (Fsp3) is 0.273. The summed E-state index contributed by atoms with van der Waals surface area (Å²) in [6.45, 7) is 1.84. The van der Waals surface area contributed by atoms with Crippen LogP contribution in [0, 0.1) is 24.4 Å². The van der Waals surface area contributed by atoms with Gasteiger partial charge in [-0.05, 0) is 6.92 Å². The van der Waals surface area contributed by atoms with Crippen LogP contribution in [0.1, 0.15) is 11.3 Å². The molecule has 0 atom stereocenters. The lowest BCUT2D eigenvalue weighted by Crippen LogP contribution is -1.94. The highest BCUT2D eigenvalue weighted by molar-refractivity contribution is 5.85. The minimum Gasteiger partial charge on any atom is -0.380 e. The zero-order valence-corrected chi connectivity index (χ0v) is 8.83. The van der Waals surface area contributed by atoms with Crippen molar-refractivity contribution in [2.45, 2.75) is 13.5 Å². The van der Waals surface area contributed by atoms with E-state index in [1.54, 1.807) is 6.92 Å². The third-order valence-corrected chi connectivity index (χ3v) is 2.53. The Balaban J connectivity index is 2.82. The van der Waals surface area contributed by atoms with Crippen LogP contribution < -0.4 is 0 Å². The molecule has 16 heavy (non-hydrogen) atoms. The summed E-state index contributed by atoms with van der Waals surface area (Å²) in [6, 6.07) is 0.944. The molecule has 0 aliphatic carbocycles. The Morgan fingerprint density at radius 3 is 2.56 bits per heavy atom. The van der Waals surface area contributed by atoms with E-state index in [-0.39, 0.29) is 17.5 Å². The first-order chi connectivity index (χ1) is 7.56. The molecule has 0 saturated carbocycles. The highest BCUT2D eigenvalue weighted by Crippen LogP contribution is 2.28. The number of aryl methyl sites for hydroxylation is 1. The van der Waals surface area contributed by atoms with Crippen LogP contribution in [-0.2, 0) is 11.3 Å². The number of hydrogen-bond acceptors (Lipinski definition) is 1. The molecule has 86 valence electrons. The highest BCUT2D eigenvalue weighted by atomic mass is 19.2. The van der Waals surface area contributed by atoms with Crippen LogP contribution in [0.3, 0.4) is 0 Å². The second kappa shape index (κ2) is 3.83. The summed E-state index contributed by atoms with van der Waals surface area (Å²) in [7, 11) is 1.45. The predicted octanol–water partition coefficient (Wildman–Crippen LogP) is 3.04. The van der Waals surface area contributed by atoms with Gasteiger partial charge >= 0.3 is 0 Å². The van der Waals surface area contributed by atoms with E-state index < -0.39 is 17.5 Å². The molecule has 5 heteroatoms. The maximum absolute atomic E-state index is 13.6. The van der Waals surface area contributed by atoms with Crippen molar-refractivity contribution in [3.8, 4) is 0 Å². The van der Waals surface area contributed by atoms with E-state index in [1.807, 2.05) is 0 Å². The summed E-state index contributed by atoms with van der Waals surface area (Å²) >= 11 is 0. The first kappa shape index (κ1) is 11.0. The Labute approximate surface area is 90.0 Å². The van der Waals surface area contributed by atoms with Crippen molar-refractivity contribution in [2.75, 3.05) is 7.11 Å². The van der Waals surface area contributed by atoms with E-state index in [4.69, 9.17) is 4.74 Å². The Morgan fingerprint density at radius 1 is 1.25 bits per heavy atom. The van der Waals surface area contributed by atoms with Gasteiger partial charge in [-0.1, -0.05) is 0 Å². The molecule has 1 heterocycles. The molecule has 0 fully saturated rings. The fourth-order valence-corrected chi connectivity index (χ4v) is 1.78. The number of rotatable bonds is 2. The SMILES string of the molecule is COCc1c(C)[nH]c2cc(F)c(F)c(F)c12. The molecule has 1 N–H and O–H groups in total. The molecule has 2 aromatic rings. The zero-order valence-electron chi connectivity index (χ0n) is 8.83. The van der Waals surface area contributed by atoms with Gasteiger partial charge in [0, 0.05) is 29.8 Å². The number of fused-ring (bicyclic) bond motifs is 1. The lowest BCUT2D eigenvalue weighted by Gasteiger charge is -2.01. The maximum atomic E-state index is 13.6. The van der Waals surface area contributed by atoms with Gasteiger partial charge in [-0.3, -0.25) is 0 Å². The second-order valence-corrected chi connectivity index (χ2v) is 3.57. The van der Waals surface area contributed by atoms with Gasteiger partial charge in [-0.2, -0.15) is 0 Å². The smallest absolute Gasteiger partial charge is 0.195 e. The van der Waals surface area contributed by atoms with Crippen LogP contribution in [0.5, 0.6) is 0 Å². The van der Waals surface area contributed by atoms with E-state index in [0.29, 0.717) is 11.3 Å². The third-order valence-electron chi connectivity index (χ3n) is 2.53. The Bertz CT molecular complexity index is 548. The summed E-state index contributed by atoms with van der Waals surface area (Å²) in [5, 5.41) is 0.0539. The Kier molecular flexibility index (Phi) is 2.63. The summed E-state index contributed by atoms with van der Waals surface area (Å²) in [4.78, 5) is 2.79. The second-order valence-electron chi connectivity index (χ2n) is 3.57.